The number of fused-ring (bicyclic) bond motifs is 4. The van der Waals surface area contributed by atoms with Gasteiger partial charge in [-0.1, -0.05) is 30.3 Å². The fourth-order valence-corrected chi connectivity index (χ4v) is 3.92. The first-order valence-corrected chi connectivity index (χ1v) is 9.41. The number of aliphatic carboxylic acids is 1. The smallest absolute Gasteiger partial charge is 0.307 e. The summed E-state index contributed by atoms with van der Waals surface area (Å²) in [7, 11) is 1.62. The number of methoxy groups -OCH3 is 1. The molecule has 2 N–H and O–H groups in total. The second-order valence-electron chi connectivity index (χ2n) is 7.11. The third-order valence-electron chi connectivity index (χ3n) is 5.29. The number of carboxylic acid groups (broad SMARTS) is 1. The number of rotatable bonds is 4. The molecule has 2 heterocycles. The molecule has 0 atom stereocenters. The number of nitrogens with one attached hydrogen (secondary N) is 1. The van der Waals surface area contributed by atoms with Crippen molar-refractivity contribution in [3.63, 3.8) is 0 Å². The molecule has 30 heavy (non-hydrogen) atoms. The summed E-state index contributed by atoms with van der Waals surface area (Å²) in [5.74, 6) is 0.118. The number of ether oxygens (including phenoxy) is 1. The molecular formula is C24H17NO5. The molecular weight excluding hydrogens is 382 g/mol. The maximum atomic E-state index is 12.8. The van der Waals surface area contributed by atoms with E-state index in [1.54, 1.807) is 13.2 Å². The number of hydrogen-bond acceptors (Lipinski definition) is 4. The van der Waals surface area contributed by atoms with Crippen molar-refractivity contribution in [3.05, 3.63) is 76.6 Å². The molecule has 5 aromatic rings. The lowest BCUT2D eigenvalue weighted by atomic mass is 10.00. The zero-order valence-electron chi connectivity index (χ0n) is 16.1. The molecule has 0 aliphatic carbocycles. The highest BCUT2D eigenvalue weighted by molar-refractivity contribution is 6.06. The minimum Gasteiger partial charge on any atom is -0.497 e. The molecule has 0 aliphatic rings. The molecule has 0 unspecified atom stereocenters. The van der Waals surface area contributed by atoms with Crippen molar-refractivity contribution in [2.24, 2.45) is 0 Å². The van der Waals surface area contributed by atoms with E-state index >= 15 is 0 Å². The number of pyridine rings is 1. The van der Waals surface area contributed by atoms with Gasteiger partial charge in [0, 0.05) is 16.5 Å². The van der Waals surface area contributed by atoms with Crippen LogP contribution < -0.4 is 10.3 Å². The van der Waals surface area contributed by atoms with Crippen molar-refractivity contribution < 1.29 is 19.1 Å². The highest BCUT2D eigenvalue weighted by atomic mass is 16.5. The van der Waals surface area contributed by atoms with Crippen LogP contribution in [-0.4, -0.2) is 23.2 Å². The first-order chi connectivity index (χ1) is 14.5. The number of carbonyl (C=O) groups is 1. The van der Waals surface area contributed by atoms with Gasteiger partial charge in [-0.25, -0.2) is 0 Å². The Kier molecular flexibility index (Phi) is 4.06. The Morgan fingerprint density at radius 1 is 1.07 bits per heavy atom. The Morgan fingerprint density at radius 3 is 2.63 bits per heavy atom. The molecule has 0 fully saturated rings. The quantitative estimate of drug-likeness (QED) is 0.456. The van der Waals surface area contributed by atoms with Crippen LogP contribution in [0.25, 0.3) is 44.0 Å². The van der Waals surface area contributed by atoms with E-state index in [1.165, 1.54) is 0 Å². The molecule has 0 saturated heterocycles. The molecule has 0 saturated carbocycles. The minimum atomic E-state index is -1.03. The summed E-state index contributed by atoms with van der Waals surface area (Å²) in [5, 5.41) is 12.4. The maximum absolute atomic E-state index is 12.8. The molecule has 6 heteroatoms. The molecule has 6 nitrogen and oxygen atoms in total. The van der Waals surface area contributed by atoms with Crippen LogP contribution in [0.15, 0.2) is 69.9 Å². The summed E-state index contributed by atoms with van der Waals surface area (Å²) >= 11 is 0. The first-order valence-electron chi connectivity index (χ1n) is 9.41. The van der Waals surface area contributed by atoms with Crippen LogP contribution in [0.5, 0.6) is 5.75 Å². The minimum absolute atomic E-state index is 0.279. The fraction of sp³-hybridized carbons (Fsp3) is 0.0833. The van der Waals surface area contributed by atoms with E-state index in [4.69, 9.17) is 9.15 Å². The number of furan rings is 1. The molecule has 0 amide bonds. The Hall–Kier alpha value is -4.06. The van der Waals surface area contributed by atoms with Crippen LogP contribution in [-0.2, 0) is 11.2 Å². The van der Waals surface area contributed by atoms with Crippen molar-refractivity contribution in [2.45, 2.75) is 6.42 Å². The van der Waals surface area contributed by atoms with Gasteiger partial charge in [0.2, 0.25) is 0 Å². The van der Waals surface area contributed by atoms with E-state index in [2.05, 4.69) is 4.98 Å². The molecule has 5 rings (SSSR count). The van der Waals surface area contributed by atoms with Gasteiger partial charge < -0.3 is 19.2 Å². The van der Waals surface area contributed by atoms with Crippen LogP contribution in [0.3, 0.4) is 0 Å². The standard InChI is InChI=1S/C24H17NO5/c1-29-16-9-8-13-10-15(7-6-14(13)11-16)22-18(12-20(26)27)21-23(30-22)17-4-2-3-5-19(17)25-24(21)28/h2-11H,12H2,1H3,(H,25,28)(H,26,27). The SMILES string of the molecule is COc1ccc2cc(-c3oc4c(c3CC(=O)O)c(=O)[nH]c3ccccc34)ccc2c1. The summed E-state index contributed by atoms with van der Waals surface area (Å²) in [6.07, 6.45) is -0.315. The van der Waals surface area contributed by atoms with Gasteiger partial charge in [-0.2, -0.15) is 0 Å². The van der Waals surface area contributed by atoms with Crippen LogP contribution >= 0.6 is 0 Å². The van der Waals surface area contributed by atoms with Crippen molar-refractivity contribution in [2.75, 3.05) is 7.11 Å². The monoisotopic (exact) mass is 399 g/mol. The van der Waals surface area contributed by atoms with Gasteiger partial charge in [0.05, 0.1) is 24.4 Å². The zero-order chi connectivity index (χ0) is 20.8. The van der Waals surface area contributed by atoms with Gasteiger partial charge in [0.1, 0.15) is 17.1 Å². The number of H-pyrrole nitrogens is 1. The molecule has 0 bridgehead atoms. The number of aromatic amines is 1. The van der Waals surface area contributed by atoms with Crippen LogP contribution in [0.2, 0.25) is 0 Å². The number of para-hydroxylation sites is 1. The molecule has 0 radical (unpaired) electrons. The predicted octanol–water partition coefficient (Wildman–Crippen LogP) is 4.73. The summed E-state index contributed by atoms with van der Waals surface area (Å²) in [6, 6.07) is 18.7. The lowest BCUT2D eigenvalue weighted by molar-refractivity contribution is -0.136. The number of aromatic nitrogens is 1. The third kappa shape index (κ3) is 2.81. The van der Waals surface area contributed by atoms with Crippen LogP contribution in [0.1, 0.15) is 5.56 Å². The van der Waals surface area contributed by atoms with E-state index in [1.807, 2.05) is 54.6 Å². The second kappa shape index (κ2) is 6.77. The average molecular weight is 399 g/mol. The molecule has 3 aromatic carbocycles. The van der Waals surface area contributed by atoms with Crippen molar-refractivity contribution >= 4 is 38.6 Å². The highest BCUT2D eigenvalue weighted by Crippen LogP contribution is 2.36. The normalized spacial score (nSPS) is 11.4. The van der Waals surface area contributed by atoms with Crippen molar-refractivity contribution in [1.29, 1.82) is 0 Å². The van der Waals surface area contributed by atoms with Crippen molar-refractivity contribution in [1.82, 2.24) is 4.98 Å². The maximum Gasteiger partial charge on any atom is 0.307 e. The highest BCUT2D eigenvalue weighted by Gasteiger charge is 2.22. The van der Waals surface area contributed by atoms with Gasteiger partial charge in [-0.05, 0) is 41.1 Å². The Bertz CT molecular complexity index is 1510. The Labute approximate surface area is 170 Å². The molecule has 0 aliphatic heterocycles. The van der Waals surface area contributed by atoms with E-state index in [9.17, 15) is 14.7 Å². The molecule has 2 aromatic heterocycles. The van der Waals surface area contributed by atoms with Gasteiger partial charge in [-0.3, -0.25) is 9.59 Å². The van der Waals surface area contributed by atoms with Gasteiger partial charge in [0.25, 0.3) is 5.56 Å². The number of hydrogen-bond donors (Lipinski definition) is 2. The van der Waals surface area contributed by atoms with Crippen LogP contribution in [0, 0.1) is 0 Å². The fourth-order valence-electron chi connectivity index (χ4n) is 3.92. The van der Waals surface area contributed by atoms with Gasteiger partial charge in [-0.15, -0.1) is 0 Å². The Balaban J connectivity index is 1.82. The van der Waals surface area contributed by atoms with E-state index in [0.29, 0.717) is 28.0 Å². The zero-order valence-corrected chi connectivity index (χ0v) is 16.1. The largest absolute Gasteiger partial charge is 0.497 e. The number of benzene rings is 3. The summed E-state index contributed by atoms with van der Waals surface area (Å²) in [4.78, 5) is 27.2. The Morgan fingerprint density at radius 2 is 1.83 bits per heavy atom. The van der Waals surface area contributed by atoms with E-state index in [0.717, 1.165) is 21.9 Å². The predicted molar refractivity (Wildman–Crippen MR) is 115 cm³/mol. The molecule has 148 valence electrons. The third-order valence-corrected chi connectivity index (χ3v) is 5.29. The van der Waals surface area contributed by atoms with Gasteiger partial charge in [0.15, 0.2) is 0 Å². The summed E-state index contributed by atoms with van der Waals surface area (Å²) in [6.45, 7) is 0. The summed E-state index contributed by atoms with van der Waals surface area (Å²) in [5.41, 5.74) is 1.76. The molecule has 0 spiro atoms. The first kappa shape index (κ1) is 18.0. The van der Waals surface area contributed by atoms with Gasteiger partial charge >= 0.3 is 5.97 Å². The second-order valence-corrected chi connectivity index (χ2v) is 7.11. The van der Waals surface area contributed by atoms with E-state index < -0.39 is 5.97 Å². The average Bonchev–Trinajstić information content (AvgIpc) is 3.12. The lowest BCUT2D eigenvalue weighted by Crippen LogP contribution is -2.09. The summed E-state index contributed by atoms with van der Waals surface area (Å²) < 4.78 is 11.4. The van der Waals surface area contributed by atoms with Crippen molar-refractivity contribution in [3.8, 4) is 17.1 Å². The lowest BCUT2D eigenvalue weighted by Gasteiger charge is -2.05. The van der Waals surface area contributed by atoms with E-state index in [-0.39, 0.29) is 17.4 Å². The number of carboxylic acids is 1. The topological polar surface area (TPSA) is 92.5 Å². The van der Waals surface area contributed by atoms with Crippen LogP contribution in [0.4, 0.5) is 0 Å².